The van der Waals surface area contributed by atoms with E-state index in [4.69, 9.17) is 5.73 Å². The van der Waals surface area contributed by atoms with Gasteiger partial charge >= 0.3 is 0 Å². The first-order chi connectivity index (χ1) is 15.8. The lowest BCUT2D eigenvalue weighted by molar-refractivity contribution is -0.148. The highest BCUT2D eigenvalue weighted by Gasteiger charge is 2.63. The minimum Gasteiger partial charge on any atom is -0.510 e. The van der Waals surface area contributed by atoms with Crippen LogP contribution in [0.1, 0.15) is 27.9 Å². The van der Waals surface area contributed by atoms with Crippen molar-refractivity contribution in [3.8, 4) is 5.75 Å². The molecule has 3 aliphatic carbocycles. The summed E-state index contributed by atoms with van der Waals surface area (Å²) in [6, 6.07) is 2.15. The van der Waals surface area contributed by atoms with Gasteiger partial charge in [0, 0.05) is 18.0 Å². The number of rotatable bonds is 4. The lowest BCUT2D eigenvalue weighted by atomic mass is 9.58. The fourth-order valence-electron chi connectivity index (χ4n) is 5.80. The number of benzene rings is 1. The highest BCUT2D eigenvalue weighted by atomic mass is 16.3. The number of ketones is 2. The first-order valence-electron chi connectivity index (χ1n) is 11.0. The van der Waals surface area contributed by atoms with Gasteiger partial charge in [-0.15, -0.1) is 0 Å². The highest BCUT2D eigenvalue weighted by molar-refractivity contribution is 6.24. The maximum atomic E-state index is 13.6. The number of fused-ring (bicyclic) bond motifs is 3. The first-order valence-corrected chi connectivity index (χ1v) is 11.0. The summed E-state index contributed by atoms with van der Waals surface area (Å²) in [5.74, 6) is -6.47. The van der Waals surface area contributed by atoms with Gasteiger partial charge in [-0.2, -0.15) is 0 Å². The van der Waals surface area contributed by atoms with E-state index in [1.807, 2.05) is 19.0 Å². The Morgan fingerprint density at radius 2 is 1.79 bits per heavy atom. The molecule has 0 heterocycles. The van der Waals surface area contributed by atoms with Crippen molar-refractivity contribution in [1.82, 2.24) is 9.80 Å². The van der Waals surface area contributed by atoms with Crippen molar-refractivity contribution >= 4 is 17.5 Å². The van der Waals surface area contributed by atoms with E-state index in [1.165, 1.54) is 11.0 Å². The second kappa shape index (κ2) is 7.93. The second-order valence-corrected chi connectivity index (χ2v) is 9.80. The molecule has 1 amide bonds. The molecule has 34 heavy (non-hydrogen) atoms. The van der Waals surface area contributed by atoms with Crippen molar-refractivity contribution in [3.05, 3.63) is 51.5 Å². The number of aliphatic hydroxyl groups excluding tert-OH is 2. The molecule has 1 aromatic rings. The van der Waals surface area contributed by atoms with Gasteiger partial charge in [0.15, 0.2) is 11.4 Å². The third-order valence-electron chi connectivity index (χ3n) is 7.19. The lowest BCUT2D eigenvalue weighted by Gasteiger charge is -2.50. The Labute approximate surface area is 196 Å². The number of hydrogen-bond donors (Lipinski definition) is 5. The Kier molecular flexibility index (Phi) is 5.58. The Morgan fingerprint density at radius 3 is 2.35 bits per heavy atom. The van der Waals surface area contributed by atoms with Crippen LogP contribution >= 0.6 is 0 Å². The molecule has 0 fully saturated rings. The normalized spacial score (nSPS) is 28.9. The van der Waals surface area contributed by atoms with Crippen LogP contribution < -0.4 is 5.73 Å². The van der Waals surface area contributed by atoms with E-state index in [0.29, 0.717) is 12.1 Å². The minimum atomic E-state index is -2.62. The molecule has 10 heteroatoms. The van der Waals surface area contributed by atoms with E-state index < -0.39 is 58.0 Å². The second-order valence-electron chi connectivity index (χ2n) is 9.80. The number of amides is 1. The average Bonchev–Trinajstić information content (AvgIpc) is 2.72. The number of primary amides is 1. The molecule has 0 bridgehead atoms. The number of allylic oxidation sites excluding steroid dienone is 1. The number of carbonyl (C=O) groups excluding carboxylic acids is 3. The zero-order chi connectivity index (χ0) is 25.3. The molecule has 0 aliphatic heterocycles. The number of aliphatic hydroxyl groups is 3. The van der Waals surface area contributed by atoms with Gasteiger partial charge < -0.3 is 31.1 Å². The summed E-state index contributed by atoms with van der Waals surface area (Å²) in [5.41, 5.74) is 3.25. The van der Waals surface area contributed by atoms with E-state index in [2.05, 4.69) is 0 Å². The number of aromatic hydroxyl groups is 1. The highest BCUT2D eigenvalue weighted by Crippen LogP contribution is 2.52. The van der Waals surface area contributed by atoms with Gasteiger partial charge in [0.05, 0.1) is 11.6 Å². The molecule has 1 unspecified atom stereocenters. The van der Waals surface area contributed by atoms with Gasteiger partial charge in [-0.05, 0) is 64.1 Å². The number of phenols is 1. The van der Waals surface area contributed by atoms with E-state index in [9.17, 15) is 34.8 Å². The number of nitrogens with zero attached hydrogens (tertiary/aromatic N) is 2. The van der Waals surface area contributed by atoms with Crippen LogP contribution in [0.2, 0.25) is 0 Å². The van der Waals surface area contributed by atoms with Crippen molar-refractivity contribution in [3.63, 3.8) is 0 Å². The van der Waals surface area contributed by atoms with Gasteiger partial charge in [0.1, 0.15) is 22.8 Å². The van der Waals surface area contributed by atoms with Crippen LogP contribution in [-0.4, -0.2) is 87.5 Å². The van der Waals surface area contributed by atoms with Gasteiger partial charge in [0.2, 0.25) is 5.78 Å². The number of carbonyl (C=O) groups is 3. The van der Waals surface area contributed by atoms with E-state index in [1.54, 1.807) is 20.2 Å². The van der Waals surface area contributed by atoms with Crippen LogP contribution in [0.4, 0.5) is 0 Å². The van der Waals surface area contributed by atoms with Gasteiger partial charge in [-0.1, -0.05) is 6.07 Å². The summed E-state index contributed by atoms with van der Waals surface area (Å²) in [4.78, 5) is 42.2. The molecule has 3 aliphatic rings. The van der Waals surface area contributed by atoms with Crippen LogP contribution in [0.5, 0.6) is 5.75 Å². The molecule has 10 nitrogen and oxygen atoms in total. The van der Waals surface area contributed by atoms with Crippen molar-refractivity contribution in [2.24, 2.45) is 17.6 Å². The maximum absolute atomic E-state index is 13.6. The van der Waals surface area contributed by atoms with Gasteiger partial charge in [0.25, 0.3) is 5.91 Å². The van der Waals surface area contributed by atoms with E-state index in [0.717, 1.165) is 5.56 Å². The molecule has 0 aromatic heterocycles. The summed E-state index contributed by atoms with van der Waals surface area (Å²) in [6.45, 7) is 0.519. The molecule has 6 N–H and O–H groups in total. The smallest absolute Gasteiger partial charge is 0.255 e. The fraction of sp³-hybridized carbons (Fsp3) is 0.458. The van der Waals surface area contributed by atoms with Crippen molar-refractivity contribution in [2.45, 2.75) is 31.0 Å². The largest absolute Gasteiger partial charge is 0.510 e. The summed E-state index contributed by atoms with van der Waals surface area (Å²) >= 11 is 0. The van der Waals surface area contributed by atoms with Crippen LogP contribution in [0.25, 0.3) is 0 Å². The molecule has 0 saturated heterocycles. The minimum absolute atomic E-state index is 0.0279. The predicted molar refractivity (Wildman–Crippen MR) is 121 cm³/mol. The molecule has 1 aromatic carbocycles. The van der Waals surface area contributed by atoms with E-state index in [-0.39, 0.29) is 29.7 Å². The molecule has 182 valence electrons. The first kappa shape index (κ1) is 23.9. The third kappa shape index (κ3) is 3.17. The van der Waals surface area contributed by atoms with Crippen molar-refractivity contribution in [2.75, 3.05) is 28.2 Å². The maximum Gasteiger partial charge on any atom is 0.255 e. The SMILES string of the molecule is CN(C)Cc1ccc(O)c2c1C[C@H]1C[C@H]3C(N(C)C)C(O)=C(C(N)=O)C(=O)[C@@]3(O)C(O)=C1C2=O. The van der Waals surface area contributed by atoms with Crippen molar-refractivity contribution in [1.29, 1.82) is 0 Å². The molecule has 4 atom stereocenters. The predicted octanol–water partition coefficient (Wildman–Crippen LogP) is 0.182. The van der Waals surface area contributed by atoms with Gasteiger partial charge in [-0.3, -0.25) is 19.3 Å². The molecular formula is C24H29N3O7. The molecule has 0 radical (unpaired) electrons. The summed E-state index contributed by atoms with van der Waals surface area (Å²) in [5, 5.41) is 44.1. The number of hydrogen-bond acceptors (Lipinski definition) is 9. The number of likely N-dealkylation sites (N-methyl/N-ethyl adjacent to an activating group) is 1. The number of nitrogens with two attached hydrogens (primary N) is 1. The van der Waals surface area contributed by atoms with Crippen LogP contribution in [-0.2, 0) is 22.6 Å². The zero-order valence-corrected chi connectivity index (χ0v) is 19.5. The zero-order valence-electron chi connectivity index (χ0n) is 19.5. The monoisotopic (exact) mass is 471 g/mol. The summed E-state index contributed by atoms with van der Waals surface area (Å²) in [7, 11) is 6.95. The molecular weight excluding hydrogens is 442 g/mol. The van der Waals surface area contributed by atoms with Crippen LogP contribution in [0.15, 0.2) is 34.8 Å². The molecule has 4 rings (SSSR count). The van der Waals surface area contributed by atoms with Crippen LogP contribution in [0, 0.1) is 11.8 Å². The van der Waals surface area contributed by atoms with Gasteiger partial charge in [-0.25, -0.2) is 0 Å². The van der Waals surface area contributed by atoms with Crippen molar-refractivity contribution < 1.29 is 34.8 Å². The third-order valence-corrected chi connectivity index (χ3v) is 7.19. The molecule has 0 spiro atoms. The Hall–Kier alpha value is -3.21. The lowest BCUT2D eigenvalue weighted by Crippen LogP contribution is -2.63. The standard InChI is InChI=1S/C24H29N3O7/c1-26(2)9-10-5-6-14(28)16-12(10)7-11-8-13-18(27(3)4)20(30)17(23(25)33)22(32)24(13,34)21(31)15(11)19(16)29/h5-6,11,13,18,28,30-31,34H,7-9H2,1-4H3,(H2,25,33)/t11-,13-,18?,24-/m0/s1. The quantitative estimate of drug-likeness (QED) is 0.385. The number of Topliss-reactive ketones (excluding diaryl/α,β-unsaturated/α-hetero) is 2. The Bertz CT molecular complexity index is 1180. The summed E-state index contributed by atoms with van der Waals surface area (Å²) in [6.07, 6.45) is 0.356. The Balaban J connectivity index is 1.95. The molecule has 0 saturated carbocycles. The van der Waals surface area contributed by atoms with Crippen LogP contribution in [0.3, 0.4) is 0 Å². The average molecular weight is 472 g/mol. The number of phenolic OH excluding ortho intramolecular Hbond substituents is 1. The summed E-state index contributed by atoms with van der Waals surface area (Å²) < 4.78 is 0. The topological polar surface area (TPSA) is 165 Å². The van der Waals surface area contributed by atoms with E-state index >= 15 is 0 Å². The Morgan fingerprint density at radius 1 is 1.15 bits per heavy atom. The fourth-order valence-corrected chi connectivity index (χ4v) is 5.80.